The lowest BCUT2D eigenvalue weighted by molar-refractivity contribution is -0.146. The highest BCUT2D eigenvalue weighted by Gasteiger charge is 2.42. The molecule has 2 aliphatic rings. The highest BCUT2D eigenvalue weighted by Crippen LogP contribution is 2.23. The van der Waals surface area contributed by atoms with Gasteiger partial charge in [-0.15, -0.1) is 0 Å². The second kappa shape index (κ2) is 13.7. The van der Waals surface area contributed by atoms with Crippen LogP contribution in [0.25, 0.3) is 0 Å². The number of aliphatic hydroxyl groups is 2. The largest absolute Gasteiger partial charge is 0.508 e. The van der Waals surface area contributed by atoms with Crippen LogP contribution in [0, 0.1) is 6.92 Å². The molecule has 2 aromatic rings. The topological polar surface area (TPSA) is 142 Å². The van der Waals surface area contributed by atoms with Crippen molar-refractivity contribution >= 4 is 17.7 Å². The average Bonchev–Trinajstić information content (AvgIpc) is 3.36. The number of aliphatic hydroxyl groups excluding tert-OH is 2. The molecule has 0 saturated carbocycles. The van der Waals surface area contributed by atoms with Crippen molar-refractivity contribution in [3.05, 3.63) is 65.2 Å². The van der Waals surface area contributed by atoms with Crippen molar-refractivity contribution in [1.82, 2.24) is 20.4 Å². The third-order valence-electron chi connectivity index (χ3n) is 7.84. The molecule has 2 fully saturated rings. The number of rotatable bonds is 10. The summed E-state index contributed by atoms with van der Waals surface area (Å²) in [5, 5.41) is 37.3. The number of piperidine rings is 1. The maximum atomic E-state index is 13.6. The Labute approximate surface area is 235 Å². The van der Waals surface area contributed by atoms with Gasteiger partial charge in [-0.1, -0.05) is 42.8 Å². The Balaban J connectivity index is 1.46. The number of phenols is 1. The predicted octanol–water partition coefficient (Wildman–Crippen LogP) is 0.967. The molecule has 4 rings (SSSR count). The highest BCUT2D eigenvalue weighted by molar-refractivity contribution is 5.97. The number of amides is 3. The van der Waals surface area contributed by atoms with E-state index >= 15 is 0 Å². The molecular weight excluding hydrogens is 512 g/mol. The van der Waals surface area contributed by atoms with Gasteiger partial charge in [0.1, 0.15) is 11.8 Å². The first-order valence-corrected chi connectivity index (χ1v) is 14.0. The van der Waals surface area contributed by atoms with Crippen molar-refractivity contribution in [1.29, 1.82) is 0 Å². The number of nitrogens with one attached hydrogen (secondary N) is 2. The van der Waals surface area contributed by atoms with Crippen LogP contribution in [0.5, 0.6) is 5.75 Å². The standard InChI is InChI=1S/C30H40N4O6/c1-20-23(11-8-12-26(20)36)28(38)32-24(17-21-9-4-2-5-10-21)27(37)30(40)34-19-22(35)18-25(34)29(39)31-13-16-33-14-6-3-7-15-33/h2,4-5,8-12,22,24-25,27,35-37H,3,6-7,13-19H2,1H3,(H,31,39)(H,32,38)/t22-,24+,25+,27+/m1/s1. The number of hydrogen-bond acceptors (Lipinski definition) is 7. The summed E-state index contributed by atoms with van der Waals surface area (Å²) in [6.07, 6.45) is 1.18. The van der Waals surface area contributed by atoms with Gasteiger partial charge in [-0.25, -0.2) is 0 Å². The van der Waals surface area contributed by atoms with Crippen molar-refractivity contribution in [2.24, 2.45) is 0 Å². The van der Waals surface area contributed by atoms with E-state index in [4.69, 9.17) is 0 Å². The van der Waals surface area contributed by atoms with Crippen molar-refractivity contribution in [3.63, 3.8) is 0 Å². The number of hydrogen-bond donors (Lipinski definition) is 5. The fraction of sp³-hybridized carbons (Fsp3) is 0.500. The number of carbonyl (C=O) groups excluding carboxylic acids is 3. The molecule has 0 aromatic heterocycles. The normalized spacial score (nSPS) is 21.0. The molecular formula is C30H40N4O6. The lowest BCUT2D eigenvalue weighted by Crippen LogP contribution is -2.56. The molecule has 0 aliphatic carbocycles. The third-order valence-corrected chi connectivity index (χ3v) is 7.84. The van der Waals surface area contributed by atoms with Crippen LogP contribution in [0.1, 0.15) is 47.2 Å². The van der Waals surface area contributed by atoms with E-state index in [1.54, 1.807) is 19.1 Å². The van der Waals surface area contributed by atoms with Crippen molar-refractivity contribution in [2.75, 3.05) is 32.7 Å². The molecule has 0 bridgehead atoms. The number of aromatic hydroxyl groups is 1. The second-order valence-corrected chi connectivity index (χ2v) is 10.8. The van der Waals surface area contributed by atoms with Gasteiger partial charge in [0.05, 0.1) is 12.1 Å². The van der Waals surface area contributed by atoms with E-state index in [1.807, 2.05) is 30.3 Å². The van der Waals surface area contributed by atoms with Crippen molar-refractivity contribution in [2.45, 2.75) is 63.3 Å². The highest BCUT2D eigenvalue weighted by atomic mass is 16.3. The minimum atomic E-state index is -1.67. The summed E-state index contributed by atoms with van der Waals surface area (Å²) in [4.78, 5) is 43.3. The molecule has 4 atom stereocenters. The molecule has 2 saturated heterocycles. The SMILES string of the molecule is Cc1c(O)cccc1C(=O)N[C@@H](Cc1ccccc1)[C@H](O)C(=O)N1C[C@H](O)C[C@H]1C(=O)NCCN1CCCCC1. The van der Waals surface area contributed by atoms with Gasteiger partial charge in [0, 0.05) is 37.2 Å². The van der Waals surface area contributed by atoms with Crippen LogP contribution >= 0.6 is 0 Å². The van der Waals surface area contributed by atoms with Gasteiger partial charge in [0.25, 0.3) is 11.8 Å². The summed E-state index contributed by atoms with van der Waals surface area (Å²) in [6, 6.07) is 11.8. The quantitative estimate of drug-likeness (QED) is 0.296. The second-order valence-electron chi connectivity index (χ2n) is 10.8. The number of nitrogens with zero attached hydrogens (tertiary/aromatic N) is 2. The molecule has 10 nitrogen and oxygen atoms in total. The third kappa shape index (κ3) is 7.38. The lowest BCUT2D eigenvalue weighted by Gasteiger charge is -2.31. The first-order chi connectivity index (χ1) is 19.2. The number of β-amino-alcohol motifs (C(OH)–C–C–N with tert-alkyl or cyclic N) is 1. The maximum Gasteiger partial charge on any atom is 0.254 e. The Hall–Kier alpha value is -3.47. The van der Waals surface area contributed by atoms with Crippen LogP contribution in [-0.4, -0.2) is 99.9 Å². The minimum Gasteiger partial charge on any atom is -0.508 e. The summed E-state index contributed by atoms with van der Waals surface area (Å²) >= 11 is 0. The maximum absolute atomic E-state index is 13.6. The van der Waals surface area contributed by atoms with E-state index in [2.05, 4.69) is 15.5 Å². The van der Waals surface area contributed by atoms with E-state index in [-0.39, 0.29) is 36.6 Å². The average molecular weight is 553 g/mol. The summed E-state index contributed by atoms with van der Waals surface area (Å²) in [6.45, 7) is 4.69. The number of carbonyl (C=O) groups is 3. The van der Waals surface area contributed by atoms with Gasteiger partial charge in [-0.2, -0.15) is 0 Å². The van der Waals surface area contributed by atoms with Crippen LogP contribution < -0.4 is 10.6 Å². The van der Waals surface area contributed by atoms with Gasteiger partial charge < -0.3 is 35.8 Å². The molecule has 40 heavy (non-hydrogen) atoms. The Kier molecular flexibility index (Phi) is 10.1. The zero-order valence-electron chi connectivity index (χ0n) is 23.0. The predicted molar refractivity (Wildman–Crippen MR) is 150 cm³/mol. The van der Waals surface area contributed by atoms with E-state index in [1.165, 1.54) is 17.4 Å². The Morgan fingerprint density at radius 3 is 2.48 bits per heavy atom. The molecule has 2 heterocycles. The molecule has 0 spiro atoms. The summed E-state index contributed by atoms with van der Waals surface area (Å²) in [5.74, 6) is -1.69. The minimum absolute atomic E-state index is 0.0379. The van der Waals surface area contributed by atoms with E-state index in [9.17, 15) is 29.7 Å². The number of likely N-dealkylation sites (tertiary alicyclic amines) is 2. The van der Waals surface area contributed by atoms with Crippen LogP contribution in [0.4, 0.5) is 0 Å². The number of phenolic OH excluding ortho intramolecular Hbond substituents is 1. The zero-order chi connectivity index (χ0) is 28.6. The Bertz CT molecular complexity index is 1170. The first-order valence-electron chi connectivity index (χ1n) is 14.0. The van der Waals surface area contributed by atoms with E-state index in [0.29, 0.717) is 12.1 Å². The van der Waals surface area contributed by atoms with Gasteiger partial charge in [0.2, 0.25) is 5.91 Å². The fourth-order valence-electron chi connectivity index (χ4n) is 5.51. The molecule has 5 N–H and O–H groups in total. The molecule has 10 heteroatoms. The van der Waals surface area contributed by atoms with Crippen LogP contribution in [0.3, 0.4) is 0 Å². The molecule has 0 unspecified atom stereocenters. The first kappa shape index (κ1) is 29.5. The van der Waals surface area contributed by atoms with Gasteiger partial charge >= 0.3 is 0 Å². The van der Waals surface area contributed by atoms with Crippen LogP contribution in [0.2, 0.25) is 0 Å². The van der Waals surface area contributed by atoms with Crippen molar-refractivity contribution < 1.29 is 29.7 Å². The van der Waals surface area contributed by atoms with Gasteiger partial charge in [0.15, 0.2) is 6.10 Å². The van der Waals surface area contributed by atoms with Crippen molar-refractivity contribution in [3.8, 4) is 5.75 Å². The van der Waals surface area contributed by atoms with E-state index in [0.717, 1.165) is 38.0 Å². The summed E-state index contributed by atoms with van der Waals surface area (Å²) in [7, 11) is 0. The Morgan fingerprint density at radius 1 is 1.02 bits per heavy atom. The monoisotopic (exact) mass is 552 g/mol. The summed E-state index contributed by atoms with van der Waals surface area (Å²) < 4.78 is 0. The van der Waals surface area contributed by atoms with Crippen LogP contribution in [-0.2, 0) is 16.0 Å². The molecule has 0 radical (unpaired) electrons. The van der Waals surface area contributed by atoms with Crippen LogP contribution in [0.15, 0.2) is 48.5 Å². The Morgan fingerprint density at radius 2 is 1.75 bits per heavy atom. The molecule has 2 aliphatic heterocycles. The zero-order valence-corrected chi connectivity index (χ0v) is 23.0. The number of benzene rings is 2. The fourth-order valence-corrected chi connectivity index (χ4v) is 5.51. The van der Waals surface area contributed by atoms with E-state index < -0.39 is 36.1 Å². The van der Waals surface area contributed by atoms with Gasteiger partial charge in [-0.3, -0.25) is 14.4 Å². The lowest BCUT2D eigenvalue weighted by atomic mass is 9.98. The molecule has 2 aromatic carbocycles. The molecule has 216 valence electrons. The smallest absolute Gasteiger partial charge is 0.254 e. The van der Waals surface area contributed by atoms with Gasteiger partial charge in [-0.05, 0) is 57.0 Å². The molecule has 3 amide bonds. The summed E-state index contributed by atoms with van der Waals surface area (Å²) in [5.41, 5.74) is 1.39.